The van der Waals surface area contributed by atoms with E-state index in [2.05, 4.69) is 20.3 Å². The number of hydrogen-bond donors (Lipinski definition) is 2. The van der Waals surface area contributed by atoms with Gasteiger partial charge in [0.05, 0.1) is 6.54 Å². The fraction of sp³-hybridized carbons (Fsp3) is 0.429. The lowest BCUT2D eigenvalue weighted by molar-refractivity contribution is 0.411. The van der Waals surface area contributed by atoms with Crippen LogP contribution in [0.2, 0.25) is 0 Å². The standard InChI is InChI=1S/C7H11N3OS/c1-2-8-7(12)9-5-6-3-4-11-10-6/h3-4H,2,5H2,1H3,(H2,8,9,12). The van der Waals surface area contributed by atoms with Gasteiger partial charge < -0.3 is 15.2 Å². The monoisotopic (exact) mass is 185 g/mol. The average Bonchev–Trinajstić information content (AvgIpc) is 2.53. The minimum absolute atomic E-state index is 0.600. The summed E-state index contributed by atoms with van der Waals surface area (Å²) in [5.74, 6) is 0. The maximum atomic E-state index is 4.95. The third-order valence-electron chi connectivity index (χ3n) is 1.26. The molecule has 0 saturated carbocycles. The Morgan fingerprint density at radius 3 is 3.08 bits per heavy atom. The highest BCUT2D eigenvalue weighted by atomic mass is 32.1. The van der Waals surface area contributed by atoms with Gasteiger partial charge in [-0.25, -0.2) is 0 Å². The first kappa shape index (κ1) is 8.99. The Kier molecular flexibility index (Phi) is 3.53. The van der Waals surface area contributed by atoms with E-state index in [0.717, 1.165) is 12.2 Å². The van der Waals surface area contributed by atoms with Crippen LogP contribution in [0.5, 0.6) is 0 Å². The van der Waals surface area contributed by atoms with Crippen LogP contribution in [0.25, 0.3) is 0 Å². The summed E-state index contributed by atoms with van der Waals surface area (Å²) in [6, 6.07) is 1.79. The summed E-state index contributed by atoms with van der Waals surface area (Å²) in [6.07, 6.45) is 1.54. The van der Waals surface area contributed by atoms with E-state index in [4.69, 9.17) is 12.2 Å². The molecule has 0 aliphatic rings. The van der Waals surface area contributed by atoms with Crippen LogP contribution in [0, 0.1) is 0 Å². The molecule has 0 bridgehead atoms. The Balaban J connectivity index is 2.22. The Morgan fingerprint density at radius 2 is 2.50 bits per heavy atom. The van der Waals surface area contributed by atoms with Crippen LogP contribution >= 0.6 is 12.2 Å². The molecule has 0 fully saturated rings. The van der Waals surface area contributed by atoms with Gasteiger partial charge in [0.25, 0.3) is 0 Å². The van der Waals surface area contributed by atoms with Crippen molar-refractivity contribution in [2.24, 2.45) is 0 Å². The number of nitrogens with one attached hydrogen (secondary N) is 2. The number of rotatable bonds is 3. The van der Waals surface area contributed by atoms with Gasteiger partial charge in [0.1, 0.15) is 12.0 Å². The molecule has 1 aromatic heterocycles. The first-order chi connectivity index (χ1) is 5.83. The highest BCUT2D eigenvalue weighted by Gasteiger charge is 1.96. The van der Waals surface area contributed by atoms with Crippen molar-refractivity contribution in [1.82, 2.24) is 15.8 Å². The molecular formula is C7H11N3OS. The summed E-state index contributed by atoms with van der Waals surface area (Å²) in [5.41, 5.74) is 0.843. The topological polar surface area (TPSA) is 50.1 Å². The Bertz CT molecular complexity index is 235. The van der Waals surface area contributed by atoms with Gasteiger partial charge in [-0.05, 0) is 19.1 Å². The van der Waals surface area contributed by atoms with Crippen LogP contribution < -0.4 is 10.6 Å². The molecule has 66 valence electrons. The quantitative estimate of drug-likeness (QED) is 0.677. The zero-order valence-corrected chi connectivity index (χ0v) is 7.65. The van der Waals surface area contributed by atoms with Crippen molar-refractivity contribution in [2.75, 3.05) is 6.54 Å². The summed E-state index contributed by atoms with van der Waals surface area (Å²) < 4.78 is 4.65. The summed E-state index contributed by atoms with van der Waals surface area (Å²) >= 11 is 4.95. The van der Waals surface area contributed by atoms with Gasteiger partial charge in [0.2, 0.25) is 0 Å². The Morgan fingerprint density at radius 1 is 1.67 bits per heavy atom. The van der Waals surface area contributed by atoms with E-state index < -0.39 is 0 Å². The molecule has 0 saturated heterocycles. The van der Waals surface area contributed by atoms with Crippen molar-refractivity contribution < 1.29 is 4.52 Å². The van der Waals surface area contributed by atoms with E-state index >= 15 is 0 Å². The van der Waals surface area contributed by atoms with E-state index in [1.165, 1.54) is 6.26 Å². The zero-order valence-electron chi connectivity index (χ0n) is 6.83. The molecule has 0 aromatic carbocycles. The highest BCUT2D eigenvalue weighted by molar-refractivity contribution is 7.80. The molecule has 0 amide bonds. The van der Waals surface area contributed by atoms with Crippen LogP contribution in [0.1, 0.15) is 12.6 Å². The number of aromatic nitrogens is 1. The summed E-state index contributed by atoms with van der Waals surface area (Å²) in [4.78, 5) is 0. The predicted octanol–water partition coefficient (Wildman–Crippen LogP) is 0.659. The van der Waals surface area contributed by atoms with Gasteiger partial charge in [-0.3, -0.25) is 0 Å². The molecule has 1 heterocycles. The molecule has 1 aromatic rings. The van der Waals surface area contributed by atoms with E-state index in [9.17, 15) is 0 Å². The van der Waals surface area contributed by atoms with Crippen LogP contribution in [0.4, 0.5) is 0 Å². The normalized spacial score (nSPS) is 9.42. The number of hydrogen-bond acceptors (Lipinski definition) is 3. The molecule has 0 spiro atoms. The lowest BCUT2D eigenvalue weighted by Gasteiger charge is -2.05. The van der Waals surface area contributed by atoms with Gasteiger partial charge in [-0.15, -0.1) is 0 Å². The van der Waals surface area contributed by atoms with Gasteiger partial charge >= 0.3 is 0 Å². The average molecular weight is 185 g/mol. The molecule has 0 aliphatic carbocycles. The van der Waals surface area contributed by atoms with Crippen molar-refractivity contribution in [1.29, 1.82) is 0 Å². The third kappa shape index (κ3) is 2.87. The minimum atomic E-state index is 0.600. The Hall–Kier alpha value is -1.10. The SMILES string of the molecule is CCNC(=S)NCc1ccon1. The lowest BCUT2D eigenvalue weighted by Crippen LogP contribution is -2.34. The molecule has 1 rings (SSSR count). The molecule has 5 heteroatoms. The molecule has 0 aliphatic heterocycles. The molecule has 0 radical (unpaired) electrons. The molecular weight excluding hydrogens is 174 g/mol. The Labute approximate surface area is 76.3 Å². The van der Waals surface area contributed by atoms with E-state index in [0.29, 0.717) is 11.7 Å². The predicted molar refractivity (Wildman–Crippen MR) is 49.6 cm³/mol. The first-order valence-electron chi connectivity index (χ1n) is 3.74. The summed E-state index contributed by atoms with van der Waals surface area (Å²) in [5, 5.41) is 10.3. The maximum absolute atomic E-state index is 4.95. The van der Waals surface area contributed by atoms with E-state index in [-0.39, 0.29) is 0 Å². The molecule has 12 heavy (non-hydrogen) atoms. The van der Waals surface area contributed by atoms with E-state index in [1.807, 2.05) is 6.92 Å². The van der Waals surface area contributed by atoms with E-state index in [1.54, 1.807) is 6.07 Å². The third-order valence-corrected chi connectivity index (χ3v) is 1.55. The zero-order chi connectivity index (χ0) is 8.81. The molecule has 4 nitrogen and oxygen atoms in total. The fourth-order valence-corrected chi connectivity index (χ4v) is 0.939. The fourth-order valence-electron chi connectivity index (χ4n) is 0.723. The number of thiocarbonyl (C=S) groups is 1. The smallest absolute Gasteiger partial charge is 0.166 e. The van der Waals surface area contributed by atoms with Crippen molar-refractivity contribution in [3.63, 3.8) is 0 Å². The second kappa shape index (κ2) is 4.71. The number of nitrogens with zero attached hydrogens (tertiary/aromatic N) is 1. The van der Waals surface area contributed by atoms with Crippen LogP contribution in [0.15, 0.2) is 16.9 Å². The van der Waals surface area contributed by atoms with Crippen LogP contribution in [-0.4, -0.2) is 16.8 Å². The van der Waals surface area contributed by atoms with Crippen molar-refractivity contribution >= 4 is 17.3 Å². The first-order valence-corrected chi connectivity index (χ1v) is 4.14. The lowest BCUT2D eigenvalue weighted by atomic mass is 10.4. The van der Waals surface area contributed by atoms with Crippen molar-refractivity contribution in [2.45, 2.75) is 13.5 Å². The maximum Gasteiger partial charge on any atom is 0.166 e. The summed E-state index contributed by atoms with van der Waals surface area (Å²) in [6.45, 7) is 3.41. The molecule has 2 N–H and O–H groups in total. The van der Waals surface area contributed by atoms with Gasteiger partial charge in [0.15, 0.2) is 5.11 Å². The molecule has 0 atom stereocenters. The van der Waals surface area contributed by atoms with Crippen molar-refractivity contribution in [3.8, 4) is 0 Å². The van der Waals surface area contributed by atoms with Crippen LogP contribution in [0.3, 0.4) is 0 Å². The molecule has 0 unspecified atom stereocenters. The summed E-state index contributed by atoms with van der Waals surface area (Å²) in [7, 11) is 0. The van der Waals surface area contributed by atoms with Crippen molar-refractivity contribution in [3.05, 3.63) is 18.0 Å². The highest BCUT2D eigenvalue weighted by Crippen LogP contribution is 1.92. The van der Waals surface area contributed by atoms with Gasteiger partial charge in [0, 0.05) is 12.6 Å². The minimum Gasteiger partial charge on any atom is -0.364 e. The second-order valence-electron chi connectivity index (χ2n) is 2.20. The van der Waals surface area contributed by atoms with Gasteiger partial charge in [-0.2, -0.15) is 0 Å². The van der Waals surface area contributed by atoms with Gasteiger partial charge in [-0.1, -0.05) is 5.16 Å². The second-order valence-corrected chi connectivity index (χ2v) is 2.61. The largest absolute Gasteiger partial charge is 0.364 e. The van der Waals surface area contributed by atoms with Crippen LogP contribution in [-0.2, 0) is 6.54 Å².